The molecule has 0 heterocycles. The molecule has 3 rings (SSSR count). The Kier molecular flexibility index (Phi) is 6.12. The van der Waals surface area contributed by atoms with Crippen LogP contribution in [0, 0.1) is 0 Å². The third-order valence-corrected chi connectivity index (χ3v) is 3.73. The van der Waals surface area contributed by atoms with Gasteiger partial charge in [-0.25, -0.2) is 4.79 Å². The number of carbonyl (C=O) groups excluding carboxylic acids is 1. The first kappa shape index (κ1) is 17.8. The van der Waals surface area contributed by atoms with Gasteiger partial charge in [0.25, 0.3) is 0 Å². The van der Waals surface area contributed by atoms with Crippen molar-refractivity contribution in [2.75, 3.05) is 6.61 Å². The lowest BCUT2D eigenvalue weighted by Crippen LogP contribution is -2.17. The topological polar surface area (TPSA) is 44.8 Å². The Morgan fingerprint density at radius 1 is 0.731 bits per heavy atom. The maximum Gasteiger partial charge on any atom is 0.349 e. The van der Waals surface area contributed by atoms with Crippen LogP contribution in [-0.4, -0.2) is 12.6 Å². The zero-order valence-electron chi connectivity index (χ0n) is 13.9. The van der Waals surface area contributed by atoms with Crippen LogP contribution in [0.5, 0.6) is 17.2 Å². The molecule has 5 heteroatoms. The number of hydrogen-bond donors (Lipinski definition) is 0. The van der Waals surface area contributed by atoms with Gasteiger partial charge in [-0.15, -0.1) is 0 Å². The summed E-state index contributed by atoms with van der Waals surface area (Å²) < 4.78 is 16.3. The third kappa shape index (κ3) is 5.53. The summed E-state index contributed by atoms with van der Waals surface area (Å²) in [6, 6.07) is 23.5. The van der Waals surface area contributed by atoms with Crippen molar-refractivity contribution < 1.29 is 19.0 Å². The van der Waals surface area contributed by atoms with Crippen molar-refractivity contribution in [2.24, 2.45) is 0 Å². The van der Waals surface area contributed by atoms with E-state index in [1.807, 2.05) is 30.3 Å². The van der Waals surface area contributed by atoms with Gasteiger partial charge in [0.05, 0.1) is 0 Å². The van der Waals surface area contributed by atoms with Crippen LogP contribution in [-0.2, 0) is 11.4 Å². The van der Waals surface area contributed by atoms with Gasteiger partial charge < -0.3 is 14.2 Å². The second-order valence-corrected chi connectivity index (χ2v) is 5.90. The second-order valence-electron chi connectivity index (χ2n) is 5.46. The predicted octanol–water partition coefficient (Wildman–Crippen LogP) is 4.90. The van der Waals surface area contributed by atoms with Gasteiger partial charge in [0.2, 0.25) is 0 Å². The first-order valence-corrected chi connectivity index (χ1v) is 8.43. The van der Waals surface area contributed by atoms with Gasteiger partial charge >= 0.3 is 5.97 Å². The molecular weight excluding hydrogens is 352 g/mol. The monoisotopic (exact) mass is 368 g/mol. The summed E-state index contributed by atoms with van der Waals surface area (Å²) in [6.07, 6.45) is 0. The lowest BCUT2D eigenvalue weighted by atomic mass is 10.2. The van der Waals surface area contributed by atoms with E-state index < -0.39 is 5.97 Å². The molecule has 0 aliphatic carbocycles. The molecule has 132 valence electrons. The minimum absolute atomic E-state index is 0.187. The molecule has 0 radical (unpaired) electrons. The summed E-state index contributed by atoms with van der Waals surface area (Å²) in [5.74, 6) is 1.20. The van der Waals surface area contributed by atoms with E-state index in [4.69, 9.17) is 25.8 Å². The summed E-state index contributed by atoms with van der Waals surface area (Å²) in [6.45, 7) is 0.294. The fourth-order valence-corrected chi connectivity index (χ4v) is 2.30. The van der Waals surface area contributed by atoms with Gasteiger partial charge in [0.15, 0.2) is 6.61 Å². The van der Waals surface area contributed by atoms with Crippen molar-refractivity contribution in [2.45, 2.75) is 6.61 Å². The molecule has 0 aliphatic heterocycles. The Labute approximate surface area is 156 Å². The number of benzene rings is 3. The lowest BCUT2D eigenvalue weighted by molar-refractivity contribution is -0.136. The fraction of sp³-hybridized carbons (Fsp3) is 0.0952. The summed E-state index contributed by atoms with van der Waals surface area (Å²) in [5.41, 5.74) is 1.09. The van der Waals surface area contributed by atoms with Crippen molar-refractivity contribution in [1.82, 2.24) is 0 Å². The molecule has 0 N–H and O–H groups in total. The molecule has 0 fully saturated rings. The molecule has 0 spiro atoms. The van der Waals surface area contributed by atoms with Crippen LogP contribution in [0.3, 0.4) is 0 Å². The van der Waals surface area contributed by atoms with Crippen LogP contribution in [0.2, 0.25) is 5.02 Å². The Morgan fingerprint density at radius 2 is 1.31 bits per heavy atom. The number of halogens is 1. The van der Waals surface area contributed by atoms with Crippen LogP contribution < -0.4 is 14.2 Å². The molecule has 0 aromatic heterocycles. The Bertz CT molecular complexity index is 830. The van der Waals surface area contributed by atoms with E-state index >= 15 is 0 Å². The maximum absolute atomic E-state index is 11.8. The highest BCUT2D eigenvalue weighted by Gasteiger charge is 2.07. The molecule has 0 atom stereocenters. The van der Waals surface area contributed by atoms with Gasteiger partial charge in [-0.05, 0) is 54.1 Å². The number of ether oxygens (including phenoxy) is 3. The molecule has 0 amide bonds. The molecule has 3 aromatic carbocycles. The van der Waals surface area contributed by atoms with Crippen LogP contribution >= 0.6 is 11.6 Å². The lowest BCUT2D eigenvalue weighted by Gasteiger charge is -2.09. The van der Waals surface area contributed by atoms with E-state index in [-0.39, 0.29) is 6.61 Å². The first-order chi connectivity index (χ1) is 12.7. The number of hydrogen-bond acceptors (Lipinski definition) is 4. The SMILES string of the molecule is O=C(COc1ccc(Cl)cc1)Oc1ccc(OCc2ccccc2)cc1. The van der Waals surface area contributed by atoms with Gasteiger partial charge in [0.1, 0.15) is 23.9 Å². The van der Waals surface area contributed by atoms with E-state index in [9.17, 15) is 4.79 Å². The van der Waals surface area contributed by atoms with Gasteiger partial charge in [-0.1, -0.05) is 41.9 Å². The highest BCUT2D eigenvalue weighted by molar-refractivity contribution is 6.30. The van der Waals surface area contributed by atoms with E-state index in [0.29, 0.717) is 28.9 Å². The highest BCUT2D eigenvalue weighted by Crippen LogP contribution is 2.19. The molecule has 0 saturated carbocycles. The zero-order valence-corrected chi connectivity index (χ0v) is 14.7. The average molecular weight is 369 g/mol. The van der Waals surface area contributed by atoms with Crippen molar-refractivity contribution in [3.63, 3.8) is 0 Å². The normalized spacial score (nSPS) is 10.2. The Balaban J connectivity index is 1.45. The van der Waals surface area contributed by atoms with Crippen molar-refractivity contribution >= 4 is 17.6 Å². The average Bonchev–Trinajstić information content (AvgIpc) is 2.68. The van der Waals surface area contributed by atoms with Gasteiger partial charge in [0, 0.05) is 5.02 Å². The van der Waals surface area contributed by atoms with Crippen LogP contribution in [0.25, 0.3) is 0 Å². The van der Waals surface area contributed by atoms with E-state index in [0.717, 1.165) is 5.56 Å². The Hall–Kier alpha value is -2.98. The summed E-state index contributed by atoms with van der Waals surface area (Å²) in [5, 5.41) is 0.606. The summed E-state index contributed by atoms with van der Waals surface area (Å²) >= 11 is 5.79. The van der Waals surface area contributed by atoms with Crippen LogP contribution in [0.1, 0.15) is 5.56 Å². The van der Waals surface area contributed by atoms with Crippen LogP contribution in [0.15, 0.2) is 78.9 Å². The molecule has 0 aliphatic rings. The van der Waals surface area contributed by atoms with E-state index in [2.05, 4.69) is 0 Å². The maximum atomic E-state index is 11.8. The second kappa shape index (κ2) is 8.92. The summed E-state index contributed by atoms with van der Waals surface area (Å²) in [4.78, 5) is 11.8. The molecule has 4 nitrogen and oxygen atoms in total. The zero-order chi connectivity index (χ0) is 18.2. The van der Waals surface area contributed by atoms with Gasteiger partial charge in [-0.3, -0.25) is 0 Å². The number of carbonyl (C=O) groups is 1. The summed E-state index contributed by atoms with van der Waals surface area (Å²) in [7, 11) is 0. The van der Waals surface area contributed by atoms with Crippen molar-refractivity contribution in [1.29, 1.82) is 0 Å². The molecule has 0 bridgehead atoms. The molecule has 0 unspecified atom stereocenters. The fourth-order valence-electron chi connectivity index (χ4n) is 2.18. The standard InChI is InChI=1S/C21H17ClO4/c22-17-6-8-18(9-7-17)25-15-21(23)26-20-12-10-19(11-13-20)24-14-16-4-2-1-3-5-16/h1-13H,14-15H2. The van der Waals surface area contributed by atoms with Crippen molar-refractivity contribution in [3.05, 3.63) is 89.4 Å². The minimum atomic E-state index is -0.488. The smallest absolute Gasteiger partial charge is 0.349 e. The number of rotatable bonds is 7. The largest absolute Gasteiger partial charge is 0.489 e. The van der Waals surface area contributed by atoms with Gasteiger partial charge in [-0.2, -0.15) is 0 Å². The molecule has 26 heavy (non-hydrogen) atoms. The van der Waals surface area contributed by atoms with E-state index in [1.54, 1.807) is 48.5 Å². The van der Waals surface area contributed by atoms with E-state index in [1.165, 1.54) is 0 Å². The third-order valence-electron chi connectivity index (χ3n) is 3.47. The minimum Gasteiger partial charge on any atom is -0.489 e. The molecule has 3 aromatic rings. The molecule has 0 saturated heterocycles. The first-order valence-electron chi connectivity index (χ1n) is 8.05. The quantitative estimate of drug-likeness (QED) is 0.439. The Morgan fingerprint density at radius 3 is 2.00 bits per heavy atom. The van der Waals surface area contributed by atoms with Crippen molar-refractivity contribution in [3.8, 4) is 17.2 Å². The predicted molar refractivity (Wildman–Crippen MR) is 99.8 cm³/mol. The highest BCUT2D eigenvalue weighted by atomic mass is 35.5. The number of esters is 1. The molecular formula is C21H17ClO4. The van der Waals surface area contributed by atoms with Crippen LogP contribution in [0.4, 0.5) is 0 Å².